The summed E-state index contributed by atoms with van der Waals surface area (Å²) in [7, 11) is 1.96. The molecule has 0 aliphatic heterocycles. The minimum atomic E-state index is 0.862. The number of nitrogen functional groups attached to an aromatic ring is 1. The van der Waals surface area contributed by atoms with E-state index in [0.717, 1.165) is 24.2 Å². The Balaban J connectivity index is 2.67. The molecule has 76 valence electrons. The molecule has 0 radical (unpaired) electrons. The molecule has 1 aromatic carbocycles. The quantitative estimate of drug-likeness (QED) is 0.564. The standard InChI is InChI=1S/C12H18N2/c1-10-11(6-3-4-9-14-2)7-5-8-12(10)13/h3,5-8,14H,4,9,13H2,1-2H3. The summed E-state index contributed by atoms with van der Waals surface area (Å²) < 4.78 is 0. The van der Waals surface area contributed by atoms with Gasteiger partial charge in [-0.1, -0.05) is 24.3 Å². The molecule has 0 fully saturated rings. The van der Waals surface area contributed by atoms with E-state index in [-0.39, 0.29) is 0 Å². The fourth-order valence-electron chi connectivity index (χ4n) is 1.29. The molecule has 1 rings (SSSR count). The van der Waals surface area contributed by atoms with E-state index < -0.39 is 0 Å². The van der Waals surface area contributed by atoms with E-state index in [4.69, 9.17) is 5.73 Å². The Morgan fingerprint density at radius 1 is 1.43 bits per heavy atom. The van der Waals surface area contributed by atoms with Crippen molar-refractivity contribution in [3.8, 4) is 0 Å². The summed E-state index contributed by atoms with van der Waals surface area (Å²) in [5.74, 6) is 0. The van der Waals surface area contributed by atoms with Gasteiger partial charge in [0.05, 0.1) is 0 Å². The topological polar surface area (TPSA) is 38.0 Å². The number of hydrogen-bond donors (Lipinski definition) is 2. The minimum absolute atomic E-state index is 0.862. The van der Waals surface area contributed by atoms with Crippen LogP contribution in [0.5, 0.6) is 0 Å². The molecule has 0 amide bonds. The highest BCUT2D eigenvalue weighted by Crippen LogP contribution is 2.16. The number of nitrogens with two attached hydrogens (primary N) is 1. The second kappa shape index (κ2) is 5.45. The Kier molecular flexibility index (Phi) is 4.20. The lowest BCUT2D eigenvalue weighted by Crippen LogP contribution is -2.05. The van der Waals surface area contributed by atoms with Crippen molar-refractivity contribution in [1.29, 1.82) is 0 Å². The molecule has 0 aromatic heterocycles. The van der Waals surface area contributed by atoms with Crippen molar-refractivity contribution in [1.82, 2.24) is 5.32 Å². The van der Waals surface area contributed by atoms with Crippen molar-refractivity contribution in [2.45, 2.75) is 13.3 Å². The highest BCUT2D eigenvalue weighted by atomic mass is 14.8. The zero-order chi connectivity index (χ0) is 10.4. The maximum atomic E-state index is 5.80. The average Bonchev–Trinajstić information content (AvgIpc) is 2.19. The van der Waals surface area contributed by atoms with Crippen molar-refractivity contribution in [3.63, 3.8) is 0 Å². The van der Waals surface area contributed by atoms with Gasteiger partial charge in [-0.25, -0.2) is 0 Å². The van der Waals surface area contributed by atoms with Crippen molar-refractivity contribution in [3.05, 3.63) is 35.4 Å². The zero-order valence-electron chi connectivity index (χ0n) is 8.88. The van der Waals surface area contributed by atoms with Gasteiger partial charge >= 0.3 is 0 Å². The molecule has 0 atom stereocenters. The highest BCUT2D eigenvalue weighted by Gasteiger charge is 1.96. The van der Waals surface area contributed by atoms with Crippen molar-refractivity contribution in [2.75, 3.05) is 19.3 Å². The zero-order valence-corrected chi connectivity index (χ0v) is 8.88. The van der Waals surface area contributed by atoms with Gasteiger partial charge in [0, 0.05) is 5.69 Å². The first-order chi connectivity index (χ1) is 6.75. The van der Waals surface area contributed by atoms with E-state index in [1.807, 2.05) is 26.1 Å². The molecular weight excluding hydrogens is 172 g/mol. The maximum Gasteiger partial charge on any atom is 0.0349 e. The van der Waals surface area contributed by atoms with Crippen molar-refractivity contribution >= 4 is 11.8 Å². The van der Waals surface area contributed by atoms with Gasteiger partial charge < -0.3 is 11.1 Å². The molecule has 0 unspecified atom stereocenters. The van der Waals surface area contributed by atoms with Crippen molar-refractivity contribution < 1.29 is 0 Å². The van der Waals surface area contributed by atoms with Gasteiger partial charge in [-0.15, -0.1) is 0 Å². The van der Waals surface area contributed by atoms with Crippen LogP contribution in [0.4, 0.5) is 5.69 Å². The van der Waals surface area contributed by atoms with Gasteiger partial charge in [-0.2, -0.15) is 0 Å². The lowest BCUT2D eigenvalue weighted by Gasteiger charge is -2.03. The Morgan fingerprint density at radius 3 is 2.93 bits per heavy atom. The average molecular weight is 190 g/mol. The van der Waals surface area contributed by atoms with Crippen LogP contribution >= 0.6 is 0 Å². The van der Waals surface area contributed by atoms with Crippen molar-refractivity contribution in [2.24, 2.45) is 0 Å². The second-order valence-corrected chi connectivity index (χ2v) is 3.36. The number of hydrogen-bond acceptors (Lipinski definition) is 2. The Morgan fingerprint density at radius 2 is 2.21 bits per heavy atom. The van der Waals surface area contributed by atoms with Gasteiger partial charge in [0.1, 0.15) is 0 Å². The summed E-state index contributed by atoms with van der Waals surface area (Å²) in [5.41, 5.74) is 9.04. The van der Waals surface area contributed by atoms with Crippen LogP contribution in [-0.2, 0) is 0 Å². The van der Waals surface area contributed by atoms with Gasteiger partial charge in [-0.3, -0.25) is 0 Å². The molecule has 2 heteroatoms. The van der Waals surface area contributed by atoms with Crippen LogP contribution in [0.25, 0.3) is 6.08 Å². The van der Waals surface area contributed by atoms with Crippen LogP contribution in [0.2, 0.25) is 0 Å². The van der Waals surface area contributed by atoms with Gasteiger partial charge in [0.2, 0.25) is 0 Å². The molecule has 0 heterocycles. The first-order valence-electron chi connectivity index (χ1n) is 4.92. The molecule has 0 saturated heterocycles. The summed E-state index contributed by atoms with van der Waals surface area (Å²) in [5, 5.41) is 3.10. The van der Waals surface area contributed by atoms with Crippen LogP contribution in [0.1, 0.15) is 17.5 Å². The molecule has 0 saturated carbocycles. The molecule has 1 aromatic rings. The molecule has 2 nitrogen and oxygen atoms in total. The van der Waals surface area contributed by atoms with Crippen LogP contribution in [0.15, 0.2) is 24.3 Å². The lowest BCUT2D eigenvalue weighted by molar-refractivity contribution is 0.809. The number of benzene rings is 1. The summed E-state index contributed by atoms with van der Waals surface area (Å²) in [6.07, 6.45) is 5.34. The number of anilines is 1. The van der Waals surface area contributed by atoms with Crippen LogP contribution in [0, 0.1) is 6.92 Å². The predicted octanol–water partition coefficient (Wildman–Crippen LogP) is 2.20. The molecule has 0 aliphatic rings. The Labute approximate surface area is 85.8 Å². The SMILES string of the molecule is CNCCC=Cc1cccc(N)c1C. The molecule has 0 bridgehead atoms. The second-order valence-electron chi connectivity index (χ2n) is 3.36. The van der Waals surface area contributed by atoms with Crippen LogP contribution in [0.3, 0.4) is 0 Å². The van der Waals surface area contributed by atoms with Crippen LogP contribution < -0.4 is 11.1 Å². The molecule has 0 aliphatic carbocycles. The maximum absolute atomic E-state index is 5.80. The summed E-state index contributed by atoms with van der Waals surface area (Å²) in [4.78, 5) is 0. The van der Waals surface area contributed by atoms with E-state index in [0.29, 0.717) is 0 Å². The van der Waals surface area contributed by atoms with Gasteiger partial charge in [0.25, 0.3) is 0 Å². The van der Waals surface area contributed by atoms with E-state index in [2.05, 4.69) is 23.5 Å². The Bertz CT molecular complexity index is 316. The first-order valence-corrected chi connectivity index (χ1v) is 4.92. The van der Waals surface area contributed by atoms with E-state index >= 15 is 0 Å². The van der Waals surface area contributed by atoms with Gasteiger partial charge in [0.15, 0.2) is 0 Å². The molecule has 3 N–H and O–H groups in total. The highest BCUT2D eigenvalue weighted by molar-refractivity contribution is 5.61. The minimum Gasteiger partial charge on any atom is -0.398 e. The number of rotatable bonds is 4. The third-order valence-corrected chi connectivity index (χ3v) is 2.28. The lowest BCUT2D eigenvalue weighted by atomic mass is 10.1. The molecule has 14 heavy (non-hydrogen) atoms. The third kappa shape index (κ3) is 2.89. The summed E-state index contributed by atoms with van der Waals surface area (Å²) in [6.45, 7) is 3.06. The smallest absolute Gasteiger partial charge is 0.0349 e. The normalized spacial score (nSPS) is 11.0. The van der Waals surface area contributed by atoms with Crippen LogP contribution in [-0.4, -0.2) is 13.6 Å². The van der Waals surface area contributed by atoms with E-state index in [1.165, 1.54) is 5.56 Å². The van der Waals surface area contributed by atoms with E-state index in [9.17, 15) is 0 Å². The van der Waals surface area contributed by atoms with Gasteiger partial charge in [-0.05, 0) is 44.1 Å². The third-order valence-electron chi connectivity index (χ3n) is 2.28. The molecular formula is C12H18N2. The monoisotopic (exact) mass is 190 g/mol. The fraction of sp³-hybridized carbons (Fsp3) is 0.333. The van der Waals surface area contributed by atoms with E-state index in [1.54, 1.807) is 0 Å². The summed E-state index contributed by atoms with van der Waals surface area (Å²) >= 11 is 0. The molecule has 0 spiro atoms. The summed E-state index contributed by atoms with van der Waals surface area (Å²) in [6, 6.07) is 6.00. The first kappa shape index (κ1) is 10.8. The predicted molar refractivity (Wildman–Crippen MR) is 63.2 cm³/mol. The number of nitrogens with one attached hydrogen (secondary N) is 1. The Hall–Kier alpha value is -1.28. The largest absolute Gasteiger partial charge is 0.398 e. The fourth-order valence-corrected chi connectivity index (χ4v) is 1.29.